The second-order valence-corrected chi connectivity index (χ2v) is 37.1. The molecule has 123 heavy (non-hydrogen) atoms. The van der Waals surface area contributed by atoms with Crippen LogP contribution >= 0.6 is 34.8 Å². The van der Waals surface area contributed by atoms with Gasteiger partial charge >= 0.3 is 17.1 Å². The van der Waals surface area contributed by atoms with Crippen LogP contribution in [0.3, 0.4) is 0 Å². The molecular formula is C95H114Cl3FN18O6. The lowest BCUT2D eigenvalue weighted by Crippen LogP contribution is -2.58. The molecule has 4 saturated heterocycles. The molecule has 648 valence electrons. The first-order valence-corrected chi connectivity index (χ1v) is 44.1. The highest BCUT2D eigenvalue weighted by molar-refractivity contribution is 6.34. The number of rotatable bonds is 17. The molecule has 15 rings (SSSR count). The Labute approximate surface area is 734 Å². The van der Waals surface area contributed by atoms with Crippen molar-refractivity contribution < 1.29 is 18.8 Å². The maximum Gasteiger partial charge on any atom is 0.355 e. The van der Waals surface area contributed by atoms with Gasteiger partial charge in [0.1, 0.15) is 23.3 Å². The highest BCUT2D eigenvalue weighted by atomic mass is 35.5. The van der Waals surface area contributed by atoms with E-state index in [0.717, 1.165) is 107 Å². The molecule has 24 nitrogen and oxygen atoms in total. The van der Waals surface area contributed by atoms with Gasteiger partial charge in [-0.25, -0.2) is 47.4 Å². The van der Waals surface area contributed by atoms with Crippen LogP contribution in [0, 0.1) is 25.1 Å². The van der Waals surface area contributed by atoms with E-state index in [9.17, 15) is 28.8 Å². The van der Waals surface area contributed by atoms with Crippen molar-refractivity contribution in [1.29, 1.82) is 0 Å². The number of halogens is 4. The third-order valence-electron chi connectivity index (χ3n) is 24.4. The molecule has 0 spiro atoms. The van der Waals surface area contributed by atoms with E-state index in [-0.39, 0.29) is 99.3 Å². The Hall–Kier alpha value is -10.6. The number of hydrogen-bond donors (Lipinski definition) is 0. The lowest BCUT2D eigenvalue weighted by molar-refractivity contribution is -0.129. The third kappa shape index (κ3) is 18.2. The van der Waals surface area contributed by atoms with Crippen molar-refractivity contribution in [3.05, 3.63) is 221 Å². The van der Waals surface area contributed by atoms with Crippen LogP contribution in [0.5, 0.6) is 0 Å². The van der Waals surface area contributed by atoms with Crippen LogP contribution in [0.2, 0.25) is 15.1 Å². The van der Waals surface area contributed by atoms with Gasteiger partial charge in [0.15, 0.2) is 16.9 Å². The first-order valence-electron chi connectivity index (χ1n) is 42.9. The highest BCUT2D eigenvalue weighted by Gasteiger charge is 2.40. The monoisotopic (exact) mass is 1730 g/mol. The number of aromatic nitrogens is 11. The van der Waals surface area contributed by atoms with Crippen molar-refractivity contribution in [2.24, 2.45) is 5.41 Å². The largest absolute Gasteiger partial charge is 0.355 e. The minimum absolute atomic E-state index is 0.0589. The smallest absolute Gasteiger partial charge is 0.349 e. The third-order valence-corrected chi connectivity index (χ3v) is 25.3. The fraction of sp³-hybridized carbons (Fsp3) is 0.453. The number of aryl methyl sites for hydroxylation is 2. The Morgan fingerprint density at radius 3 is 1.34 bits per heavy atom. The van der Waals surface area contributed by atoms with E-state index in [1.807, 2.05) is 102 Å². The standard InChI is InChI=1S/C35H38ClFN6O2.C30H37ClN6O2.C30H39ClN6O2/c1-6-30(44)41-18-23(5)42(19-22(41)4)33-27-17-28(36)31(26-12-7-8-14-29(26)37)38-34(27)43(35(45)39-33)32-24(20-40-15-10-16-40)11-9-13-25(32)21(2)3;1-7-24(38)35-15-20(6)36(16-19(35)5)28-22-14-23(31)26(21-10-8-9-11-21)33-29(22)37(30(39)34-28)27-18(4)12-13-32-25(27)17(2)3;1-10-24(38)35-15-20(6)36(16-19(35)5)27-21-13-22(31)23(14-30(7,8)9)33-28(21)37(29(39)34-27)26-18(4)11-12-32-25(26)17(2)3/h6-9,11-14,17,21-23H,1,10,15-16,18-20H2,2-5H3;7,12-14,17,19-21H,1,8-11,15-16H2,2-6H3;10-13,17,19-20H,1,14-16H2,2-9H3. The number of amides is 3. The normalized spacial score (nSPS) is 19.1. The lowest BCUT2D eigenvalue weighted by atomic mass is 9.90. The number of anilines is 3. The second kappa shape index (κ2) is 37.1. The van der Waals surface area contributed by atoms with E-state index in [1.165, 1.54) is 24.3 Å². The van der Waals surface area contributed by atoms with Gasteiger partial charge in [-0.2, -0.15) is 15.0 Å². The molecule has 12 heterocycles. The van der Waals surface area contributed by atoms with Crippen LogP contribution in [0.25, 0.3) is 61.4 Å². The fourth-order valence-corrected chi connectivity index (χ4v) is 18.7. The summed E-state index contributed by atoms with van der Waals surface area (Å²) in [4.78, 5) is 132. The Morgan fingerprint density at radius 1 is 0.504 bits per heavy atom. The number of likely N-dealkylation sites (tertiary alicyclic amines) is 1. The van der Waals surface area contributed by atoms with Crippen LogP contribution in [-0.4, -0.2) is 180 Å². The molecule has 6 unspecified atom stereocenters. The fourth-order valence-electron chi connectivity index (χ4n) is 17.9. The predicted octanol–water partition coefficient (Wildman–Crippen LogP) is 17.2. The van der Waals surface area contributed by atoms with E-state index >= 15 is 4.39 Å². The molecule has 3 amide bonds. The molecule has 2 aromatic carbocycles. The van der Waals surface area contributed by atoms with Crippen molar-refractivity contribution in [2.75, 3.05) is 67.1 Å². The molecule has 4 aliphatic heterocycles. The molecule has 1 saturated carbocycles. The molecule has 0 radical (unpaired) electrons. The summed E-state index contributed by atoms with van der Waals surface area (Å²) in [6.45, 7) is 51.4. The summed E-state index contributed by atoms with van der Waals surface area (Å²) in [5.41, 5.74) is 9.83. The molecule has 28 heteroatoms. The van der Waals surface area contributed by atoms with E-state index in [2.05, 4.69) is 123 Å². The molecule has 0 bridgehead atoms. The summed E-state index contributed by atoms with van der Waals surface area (Å²) in [5, 5.41) is 3.39. The summed E-state index contributed by atoms with van der Waals surface area (Å²) >= 11 is 20.7. The number of piperazine rings is 3. The number of carbonyl (C=O) groups is 3. The van der Waals surface area contributed by atoms with Crippen molar-refractivity contribution >= 4 is 103 Å². The summed E-state index contributed by atoms with van der Waals surface area (Å²) in [5.74, 6) is 1.28. The maximum atomic E-state index is 15.1. The SMILES string of the molecule is C=CC(=O)N1CC(C)N(c2nc(=O)n(-c3c(C)ccnc3C(C)C)c3nc(C4CCCC4)c(Cl)cc23)CC1C.C=CC(=O)N1CC(C)N(c2nc(=O)n(-c3c(C)ccnc3C(C)C)c3nc(CC(C)(C)C)c(Cl)cc23)CC1C.C=CC(=O)N1CC(C)N(c2nc(=O)n(-c3c(CN4CCC4)cccc3C(C)C)c3nc(-c4ccccc4F)c(Cl)cc23)CC1C. The summed E-state index contributed by atoms with van der Waals surface area (Å²) in [6.07, 6.45) is 13.7. The zero-order valence-corrected chi connectivity index (χ0v) is 76.1. The quantitative estimate of drug-likeness (QED) is 0.0769. The highest BCUT2D eigenvalue weighted by Crippen LogP contribution is 2.43. The topological polar surface area (TPSA) is 243 Å². The van der Waals surface area contributed by atoms with E-state index in [0.29, 0.717) is 113 Å². The van der Waals surface area contributed by atoms with Crippen LogP contribution in [-0.2, 0) is 27.3 Å². The van der Waals surface area contributed by atoms with Gasteiger partial charge in [-0.3, -0.25) is 29.3 Å². The predicted molar refractivity (Wildman–Crippen MR) is 492 cm³/mol. The number of pyridine rings is 5. The van der Waals surface area contributed by atoms with Gasteiger partial charge in [-0.05, 0) is 200 Å². The lowest BCUT2D eigenvalue weighted by Gasteiger charge is -2.44. The van der Waals surface area contributed by atoms with Crippen molar-refractivity contribution in [3.8, 4) is 28.3 Å². The van der Waals surface area contributed by atoms with E-state index in [4.69, 9.17) is 54.7 Å². The number of benzene rings is 2. The molecule has 8 aromatic heterocycles. The molecule has 10 aromatic rings. The van der Waals surface area contributed by atoms with Crippen LogP contribution in [0.4, 0.5) is 21.8 Å². The van der Waals surface area contributed by atoms with E-state index < -0.39 is 22.9 Å². The zero-order valence-electron chi connectivity index (χ0n) is 73.8. The summed E-state index contributed by atoms with van der Waals surface area (Å²) in [7, 11) is 0. The first-order chi connectivity index (χ1) is 58.4. The Kier molecular flexibility index (Phi) is 27.2. The minimum Gasteiger partial charge on any atom is -0.349 e. The Balaban J connectivity index is 0.000000159. The number of para-hydroxylation sites is 1. The van der Waals surface area contributed by atoms with Crippen molar-refractivity contribution in [2.45, 2.75) is 223 Å². The van der Waals surface area contributed by atoms with Gasteiger partial charge in [0, 0.05) is 106 Å². The number of carbonyl (C=O) groups excluding carboxylic acids is 3. The van der Waals surface area contributed by atoms with Crippen LogP contribution in [0.15, 0.2) is 138 Å². The van der Waals surface area contributed by atoms with Gasteiger partial charge in [0.25, 0.3) is 0 Å². The second-order valence-electron chi connectivity index (χ2n) is 35.9. The van der Waals surface area contributed by atoms with Crippen LogP contribution < -0.4 is 31.8 Å². The Morgan fingerprint density at radius 2 is 0.927 bits per heavy atom. The molecular weight excluding hydrogens is 1610 g/mol. The molecule has 1 aliphatic carbocycles. The van der Waals surface area contributed by atoms with E-state index in [1.54, 1.807) is 60.2 Å². The number of fused-ring (bicyclic) bond motifs is 3. The van der Waals surface area contributed by atoms with Crippen LogP contribution in [0.1, 0.15) is 205 Å². The molecule has 5 fully saturated rings. The average molecular weight is 1730 g/mol. The van der Waals surface area contributed by atoms with Gasteiger partial charge < -0.3 is 29.4 Å². The van der Waals surface area contributed by atoms with Gasteiger partial charge in [-0.15, -0.1) is 0 Å². The Bertz CT molecular complexity index is 5970. The van der Waals surface area contributed by atoms with Gasteiger partial charge in [-0.1, -0.05) is 160 Å². The molecule has 0 N–H and O–H groups in total. The minimum atomic E-state index is -0.478. The van der Waals surface area contributed by atoms with Gasteiger partial charge in [0.05, 0.1) is 76.8 Å². The summed E-state index contributed by atoms with van der Waals surface area (Å²) in [6, 6.07) is 21.2. The summed E-state index contributed by atoms with van der Waals surface area (Å²) < 4.78 is 20.0. The van der Waals surface area contributed by atoms with Crippen molar-refractivity contribution in [1.82, 2.24) is 73.2 Å². The van der Waals surface area contributed by atoms with Crippen molar-refractivity contribution in [3.63, 3.8) is 0 Å². The molecule has 6 atom stereocenters. The number of hydrogen-bond acceptors (Lipinski definition) is 18. The first kappa shape index (κ1) is 90.1. The molecule has 5 aliphatic rings. The average Bonchev–Trinajstić information content (AvgIpc) is 0.748. The van der Waals surface area contributed by atoms with Gasteiger partial charge in [0.2, 0.25) is 17.7 Å². The zero-order chi connectivity index (χ0) is 88.8. The maximum absolute atomic E-state index is 15.1. The number of nitrogens with zero attached hydrogens (tertiary/aromatic N) is 18.